The molecular formula is C18H28O2. The van der Waals surface area contributed by atoms with E-state index in [0.717, 1.165) is 6.42 Å². The third kappa shape index (κ3) is 4.75. The summed E-state index contributed by atoms with van der Waals surface area (Å²) in [5, 5.41) is 0. The second-order valence-electron chi connectivity index (χ2n) is 6.65. The highest BCUT2D eigenvalue weighted by molar-refractivity contribution is 5.81. The van der Waals surface area contributed by atoms with E-state index in [2.05, 4.69) is 46.8 Å². The second-order valence-corrected chi connectivity index (χ2v) is 6.65. The van der Waals surface area contributed by atoms with Crippen LogP contribution in [0.15, 0.2) is 12.1 Å². The van der Waals surface area contributed by atoms with E-state index < -0.39 is 0 Å². The van der Waals surface area contributed by atoms with Gasteiger partial charge in [0.15, 0.2) is 0 Å². The monoisotopic (exact) mass is 276 g/mol. The average Bonchev–Trinajstić information content (AvgIpc) is 2.32. The molecule has 0 saturated carbocycles. The van der Waals surface area contributed by atoms with E-state index in [0.29, 0.717) is 25.2 Å². The molecule has 0 bridgehead atoms. The van der Waals surface area contributed by atoms with Crippen LogP contribution in [0.25, 0.3) is 0 Å². The third-order valence-corrected chi connectivity index (χ3v) is 3.74. The molecule has 20 heavy (non-hydrogen) atoms. The van der Waals surface area contributed by atoms with E-state index in [-0.39, 0.29) is 5.41 Å². The van der Waals surface area contributed by atoms with Gasteiger partial charge in [-0.25, -0.2) is 0 Å². The molecule has 1 aromatic carbocycles. The minimum atomic E-state index is 0.149. The Balaban J connectivity index is 2.84. The number of Topliss-reactive ketones (excluding diaryl/α,β-unsaturated/α-hetero) is 1. The first-order chi connectivity index (χ1) is 9.25. The van der Waals surface area contributed by atoms with Gasteiger partial charge in [-0.3, -0.25) is 4.79 Å². The summed E-state index contributed by atoms with van der Waals surface area (Å²) < 4.78 is 4.99. The van der Waals surface area contributed by atoms with Crippen LogP contribution in [0.1, 0.15) is 55.9 Å². The van der Waals surface area contributed by atoms with Gasteiger partial charge in [0.25, 0.3) is 0 Å². The minimum absolute atomic E-state index is 0.149. The summed E-state index contributed by atoms with van der Waals surface area (Å²) in [4.78, 5) is 12.0. The number of rotatable bonds is 6. The largest absolute Gasteiger partial charge is 0.385 e. The Labute approximate surface area is 123 Å². The number of hydrogen-bond donors (Lipinski definition) is 0. The van der Waals surface area contributed by atoms with Crippen molar-refractivity contribution in [1.82, 2.24) is 0 Å². The van der Waals surface area contributed by atoms with Crippen molar-refractivity contribution in [2.45, 2.75) is 59.3 Å². The molecule has 1 aromatic rings. The molecule has 0 N–H and O–H groups in total. The summed E-state index contributed by atoms with van der Waals surface area (Å²) in [6, 6.07) is 4.45. The van der Waals surface area contributed by atoms with Crippen molar-refractivity contribution in [3.05, 3.63) is 34.4 Å². The summed E-state index contributed by atoms with van der Waals surface area (Å²) in [6.45, 7) is 11.5. The van der Waals surface area contributed by atoms with E-state index in [9.17, 15) is 4.79 Å². The second kappa shape index (κ2) is 7.03. The predicted molar refractivity (Wildman–Crippen MR) is 84.4 cm³/mol. The highest BCUT2D eigenvalue weighted by atomic mass is 16.5. The van der Waals surface area contributed by atoms with E-state index >= 15 is 0 Å². The molecule has 2 heteroatoms. The fourth-order valence-electron chi connectivity index (χ4n) is 2.40. The van der Waals surface area contributed by atoms with Crippen LogP contribution in [-0.2, 0) is 21.4 Å². The molecule has 112 valence electrons. The van der Waals surface area contributed by atoms with E-state index in [1.807, 2.05) is 0 Å². The summed E-state index contributed by atoms with van der Waals surface area (Å²) in [5.41, 5.74) is 5.14. The molecule has 0 aliphatic carbocycles. The predicted octanol–water partition coefficient (Wildman–Crippen LogP) is 4.14. The smallest absolute Gasteiger partial charge is 0.137 e. The topological polar surface area (TPSA) is 26.3 Å². The van der Waals surface area contributed by atoms with E-state index in [1.165, 1.54) is 22.3 Å². The molecule has 1 rings (SSSR count). The molecule has 0 fully saturated rings. The van der Waals surface area contributed by atoms with Gasteiger partial charge in [-0.15, -0.1) is 0 Å². The van der Waals surface area contributed by atoms with Gasteiger partial charge in [-0.05, 0) is 47.9 Å². The maximum absolute atomic E-state index is 12.0. The van der Waals surface area contributed by atoms with Gasteiger partial charge < -0.3 is 4.74 Å². The summed E-state index contributed by atoms with van der Waals surface area (Å²) in [5.74, 6) is 0.303. The van der Waals surface area contributed by atoms with Crippen LogP contribution in [0.2, 0.25) is 0 Å². The normalized spacial score (nSPS) is 11.7. The van der Waals surface area contributed by atoms with Gasteiger partial charge in [-0.2, -0.15) is 0 Å². The Morgan fingerprint density at radius 3 is 2.15 bits per heavy atom. The zero-order valence-corrected chi connectivity index (χ0v) is 13.8. The Morgan fingerprint density at radius 1 is 1.15 bits per heavy atom. The highest BCUT2D eigenvalue weighted by Crippen LogP contribution is 2.27. The van der Waals surface area contributed by atoms with Crippen LogP contribution in [0.5, 0.6) is 0 Å². The van der Waals surface area contributed by atoms with Gasteiger partial charge in [0, 0.05) is 26.6 Å². The number of aryl methyl sites for hydroxylation is 2. The molecule has 0 spiro atoms. The number of ketones is 1. The number of methoxy groups -OCH3 is 1. The van der Waals surface area contributed by atoms with Gasteiger partial charge in [0.05, 0.1) is 0 Å². The molecule has 0 heterocycles. The first-order valence-corrected chi connectivity index (χ1v) is 7.37. The molecule has 2 nitrogen and oxygen atoms in total. The first kappa shape index (κ1) is 16.9. The lowest BCUT2D eigenvalue weighted by molar-refractivity contribution is -0.118. The number of benzene rings is 1. The summed E-state index contributed by atoms with van der Waals surface area (Å²) in [6.07, 6.45) is 1.97. The molecule has 0 aliphatic rings. The maximum Gasteiger partial charge on any atom is 0.137 e. The zero-order chi connectivity index (χ0) is 15.3. The minimum Gasteiger partial charge on any atom is -0.385 e. The Kier molecular flexibility index (Phi) is 5.94. The number of ether oxygens (including phenoxy) is 1. The van der Waals surface area contributed by atoms with Crippen molar-refractivity contribution in [1.29, 1.82) is 0 Å². The third-order valence-electron chi connectivity index (χ3n) is 3.74. The van der Waals surface area contributed by atoms with Crippen molar-refractivity contribution in [3.8, 4) is 0 Å². The molecule has 0 unspecified atom stereocenters. The summed E-state index contributed by atoms with van der Waals surface area (Å²) in [7, 11) is 1.67. The van der Waals surface area contributed by atoms with Crippen LogP contribution < -0.4 is 0 Å². The van der Waals surface area contributed by atoms with E-state index in [4.69, 9.17) is 4.74 Å². The maximum atomic E-state index is 12.0. The van der Waals surface area contributed by atoms with Crippen LogP contribution in [0, 0.1) is 13.8 Å². The number of hydrogen-bond acceptors (Lipinski definition) is 2. The molecule has 0 atom stereocenters. The molecular weight excluding hydrogens is 248 g/mol. The molecule has 0 amide bonds. The standard InChI is InChI=1S/C18H28O2/c1-13-10-15(18(3,4)5)11-14(2)17(13)12-16(19)8-7-9-20-6/h10-11H,7-9,12H2,1-6H3. The van der Waals surface area contributed by atoms with Crippen molar-refractivity contribution in [3.63, 3.8) is 0 Å². The molecule has 0 aliphatic heterocycles. The Bertz CT molecular complexity index is 444. The van der Waals surface area contributed by atoms with Gasteiger partial charge in [0.2, 0.25) is 0 Å². The SMILES string of the molecule is COCCCC(=O)Cc1c(C)cc(C(C)(C)C)cc1C. The lowest BCUT2D eigenvalue weighted by atomic mass is 9.83. The Hall–Kier alpha value is -1.15. The lowest BCUT2D eigenvalue weighted by Gasteiger charge is -2.22. The van der Waals surface area contributed by atoms with Crippen LogP contribution >= 0.6 is 0 Å². The average molecular weight is 276 g/mol. The van der Waals surface area contributed by atoms with Crippen LogP contribution in [0.3, 0.4) is 0 Å². The number of carbonyl (C=O) groups is 1. The molecule has 0 aromatic heterocycles. The van der Waals surface area contributed by atoms with Gasteiger partial charge in [-0.1, -0.05) is 32.9 Å². The number of carbonyl (C=O) groups excluding carboxylic acids is 1. The fourth-order valence-corrected chi connectivity index (χ4v) is 2.40. The van der Waals surface area contributed by atoms with Crippen LogP contribution in [0.4, 0.5) is 0 Å². The highest BCUT2D eigenvalue weighted by Gasteiger charge is 2.17. The summed E-state index contributed by atoms with van der Waals surface area (Å²) >= 11 is 0. The van der Waals surface area contributed by atoms with E-state index in [1.54, 1.807) is 7.11 Å². The first-order valence-electron chi connectivity index (χ1n) is 7.37. The van der Waals surface area contributed by atoms with Crippen molar-refractivity contribution in [2.24, 2.45) is 0 Å². The zero-order valence-electron chi connectivity index (χ0n) is 13.8. The van der Waals surface area contributed by atoms with Crippen molar-refractivity contribution >= 4 is 5.78 Å². The van der Waals surface area contributed by atoms with Crippen LogP contribution in [-0.4, -0.2) is 19.5 Å². The molecule has 0 radical (unpaired) electrons. The van der Waals surface area contributed by atoms with Gasteiger partial charge in [0.1, 0.15) is 5.78 Å². The van der Waals surface area contributed by atoms with Crippen molar-refractivity contribution < 1.29 is 9.53 Å². The quantitative estimate of drug-likeness (QED) is 0.730. The fraction of sp³-hybridized carbons (Fsp3) is 0.611. The van der Waals surface area contributed by atoms with Gasteiger partial charge >= 0.3 is 0 Å². The Morgan fingerprint density at radius 2 is 1.70 bits per heavy atom. The lowest BCUT2D eigenvalue weighted by Crippen LogP contribution is -2.14. The molecule has 0 saturated heterocycles. The van der Waals surface area contributed by atoms with Crippen molar-refractivity contribution in [2.75, 3.05) is 13.7 Å².